The lowest BCUT2D eigenvalue weighted by Crippen LogP contribution is -2.36. The van der Waals surface area contributed by atoms with Gasteiger partial charge in [0.25, 0.3) is 0 Å². The normalized spacial score (nSPS) is 14.2. The molecule has 0 atom stereocenters. The predicted octanol–water partition coefficient (Wildman–Crippen LogP) is 2.54. The monoisotopic (exact) mass is 268 g/mol. The van der Waals surface area contributed by atoms with E-state index in [1.165, 1.54) is 16.8 Å². The van der Waals surface area contributed by atoms with Crippen LogP contribution in [0.4, 0.5) is 0 Å². The highest BCUT2D eigenvalue weighted by molar-refractivity contribution is 5.76. The minimum absolute atomic E-state index is 0.267. The second kappa shape index (κ2) is 5.53. The number of aryl methyl sites for hydroxylation is 2. The highest BCUT2D eigenvalue weighted by atomic mass is 16.2. The van der Waals surface area contributed by atoms with Gasteiger partial charge in [-0.05, 0) is 23.6 Å². The fraction of sp³-hybridized carbons (Fsp3) is 0.353. The molecule has 2 aromatic rings. The number of rotatable bonds is 3. The van der Waals surface area contributed by atoms with Crippen LogP contribution < -0.4 is 0 Å². The summed E-state index contributed by atoms with van der Waals surface area (Å²) in [7, 11) is 2.08. The maximum absolute atomic E-state index is 12.3. The van der Waals surface area contributed by atoms with E-state index in [1.807, 2.05) is 23.1 Å². The van der Waals surface area contributed by atoms with Crippen LogP contribution in [0.15, 0.2) is 42.6 Å². The third-order valence-corrected chi connectivity index (χ3v) is 4.10. The highest BCUT2D eigenvalue weighted by Gasteiger charge is 2.21. The van der Waals surface area contributed by atoms with Crippen molar-refractivity contribution in [2.45, 2.75) is 25.8 Å². The number of nitrogens with zero attached hydrogens (tertiary/aromatic N) is 2. The van der Waals surface area contributed by atoms with E-state index >= 15 is 0 Å². The van der Waals surface area contributed by atoms with Crippen molar-refractivity contribution < 1.29 is 4.79 Å². The van der Waals surface area contributed by atoms with Crippen LogP contribution in [0.2, 0.25) is 0 Å². The van der Waals surface area contributed by atoms with Crippen molar-refractivity contribution in [3.05, 3.63) is 59.4 Å². The Balaban J connectivity index is 1.59. The second-order valence-electron chi connectivity index (χ2n) is 5.45. The average molecular weight is 268 g/mol. The van der Waals surface area contributed by atoms with E-state index in [2.05, 4.69) is 36.0 Å². The quantitative estimate of drug-likeness (QED) is 0.840. The Bertz CT molecular complexity index is 601. The standard InChI is InChI=1S/C17H20N2O/c1-18-11-9-15-13-19(12-10-16(15)18)17(20)8-7-14-5-3-2-4-6-14/h2-6,9,11H,7-8,10,12-13H2,1H3. The predicted molar refractivity (Wildman–Crippen MR) is 79.3 cm³/mol. The minimum atomic E-state index is 0.267. The molecule has 1 aromatic heterocycles. The summed E-state index contributed by atoms with van der Waals surface area (Å²) in [6.45, 7) is 1.61. The Morgan fingerprint density at radius 3 is 2.80 bits per heavy atom. The lowest BCUT2D eigenvalue weighted by atomic mass is 10.1. The number of carbonyl (C=O) groups is 1. The van der Waals surface area contributed by atoms with Crippen molar-refractivity contribution in [2.75, 3.05) is 6.54 Å². The summed E-state index contributed by atoms with van der Waals surface area (Å²) in [4.78, 5) is 14.3. The van der Waals surface area contributed by atoms with Crippen molar-refractivity contribution in [3.63, 3.8) is 0 Å². The van der Waals surface area contributed by atoms with Crippen LogP contribution >= 0.6 is 0 Å². The molecule has 3 rings (SSSR count). The Kier molecular flexibility index (Phi) is 3.59. The first-order valence-corrected chi connectivity index (χ1v) is 7.19. The van der Waals surface area contributed by atoms with Crippen molar-refractivity contribution in [3.8, 4) is 0 Å². The molecular formula is C17H20N2O. The van der Waals surface area contributed by atoms with Gasteiger partial charge in [-0.15, -0.1) is 0 Å². The number of hydrogen-bond acceptors (Lipinski definition) is 1. The van der Waals surface area contributed by atoms with Crippen LogP contribution in [0, 0.1) is 0 Å². The van der Waals surface area contributed by atoms with Crippen LogP contribution in [-0.2, 0) is 31.2 Å². The van der Waals surface area contributed by atoms with Gasteiger partial charge in [-0.25, -0.2) is 0 Å². The van der Waals surface area contributed by atoms with Gasteiger partial charge in [0, 0.05) is 44.9 Å². The summed E-state index contributed by atoms with van der Waals surface area (Å²) in [5.74, 6) is 0.267. The lowest BCUT2D eigenvalue weighted by Gasteiger charge is -2.28. The molecule has 0 N–H and O–H groups in total. The molecule has 20 heavy (non-hydrogen) atoms. The van der Waals surface area contributed by atoms with Crippen molar-refractivity contribution in [1.82, 2.24) is 9.47 Å². The number of carbonyl (C=O) groups excluding carboxylic acids is 1. The van der Waals surface area contributed by atoms with Gasteiger partial charge in [0.05, 0.1) is 0 Å². The molecule has 3 nitrogen and oxygen atoms in total. The zero-order chi connectivity index (χ0) is 13.9. The Morgan fingerprint density at radius 2 is 2.00 bits per heavy atom. The topological polar surface area (TPSA) is 25.2 Å². The van der Waals surface area contributed by atoms with Gasteiger partial charge in [0.2, 0.25) is 5.91 Å². The van der Waals surface area contributed by atoms with Gasteiger partial charge >= 0.3 is 0 Å². The zero-order valence-electron chi connectivity index (χ0n) is 11.9. The van der Waals surface area contributed by atoms with Gasteiger partial charge in [0.15, 0.2) is 0 Å². The van der Waals surface area contributed by atoms with Gasteiger partial charge in [-0.1, -0.05) is 30.3 Å². The molecule has 0 radical (unpaired) electrons. The zero-order valence-corrected chi connectivity index (χ0v) is 11.9. The summed E-state index contributed by atoms with van der Waals surface area (Å²) in [5.41, 5.74) is 3.90. The van der Waals surface area contributed by atoms with E-state index < -0.39 is 0 Å². The number of hydrogen-bond donors (Lipinski definition) is 0. The maximum atomic E-state index is 12.3. The van der Waals surface area contributed by atoms with E-state index in [4.69, 9.17) is 0 Å². The van der Waals surface area contributed by atoms with Gasteiger partial charge < -0.3 is 9.47 Å². The first kappa shape index (κ1) is 13.0. The molecule has 2 heterocycles. The molecule has 0 saturated carbocycles. The van der Waals surface area contributed by atoms with E-state index in [0.717, 1.165) is 25.9 Å². The lowest BCUT2D eigenvalue weighted by molar-refractivity contribution is -0.132. The first-order valence-electron chi connectivity index (χ1n) is 7.19. The molecule has 0 aliphatic carbocycles. The van der Waals surface area contributed by atoms with Crippen LogP contribution in [0.5, 0.6) is 0 Å². The summed E-state index contributed by atoms with van der Waals surface area (Å²) in [6, 6.07) is 12.4. The third kappa shape index (κ3) is 2.62. The molecule has 0 bridgehead atoms. The molecule has 0 fully saturated rings. The van der Waals surface area contributed by atoms with Crippen molar-refractivity contribution in [2.24, 2.45) is 7.05 Å². The number of benzene rings is 1. The smallest absolute Gasteiger partial charge is 0.223 e. The van der Waals surface area contributed by atoms with Gasteiger partial charge in [-0.3, -0.25) is 4.79 Å². The molecule has 1 amide bonds. The number of amides is 1. The third-order valence-electron chi connectivity index (χ3n) is 4.10. The summed E-state index contributed by atoms with van der Waals surface area (Å²) < 4.78 is 2.17. The molecular weight excluding hydrogens is 248 g/mol. The first-order chi connectivity index (χ1) is 9.74. The molecule has 104 valence electrons. The fourth-order valence-electron chi connectivity index (χ4n) is 2.89. The molecule has 1 aliphatic heterocycles. The Hall–Kier alpha value is -2.03. The average Bonchev–Trinajstić information content (AvgIpc) is 2.87. The van der Waals surface area contributed by atoms with E-state index in [1.54, 1.807) is 0 Å². The van der Waals surface area contributed by atoms with Crippen LogP contribution in [0.1, 0.15) is 23.2 Å². The second-order valence-corrected chi connectivity index (χ2v) is 5.45. The molecule has 1 aromatic carbocycles. The molecule has 0 unspecified atom stereocenters. The molecule has 0 saturated heterocycles. The largest absolute Gasteiger partial charge is 0.354 e. The number of aromatic nitrogens is 1. The van der Waals surface area contributed by atoms with Crippen LogP contribution in [-0.4, -0.2) is 21.9 Å². The molecule has 1 aliphatic rings. The minimum Gasteiger partial charge on any atom is -0.354 e. The van der Waals surface area contributed by atoms with E-state index in [9.17, 15) is 4.79 Å². The Morgan fingerprint density at radius 1 is 1.20 bits per heavy atom. The van der Waals surface area contributed by atoms with Crippen LogP contribution in [0.25, 0.3) is 0 Å². The maximum Gasteiger partial charge on any atom is 0.223 e. The molecule has 3 heteroatoms. The number of fused-ring (bicyclic) bond motifs is 1. The van der Waals surface area contributed by atoms with Crippen LogP contribution in [0.3, 0.4) is 0 Å². The highest BCUT2D eigenvalue weighted by Crippen LogP contribution is 2.20. The van der Waals surface area contributed by atoms with E-state index in [-0.39, 0.29) is 5.91 Å². The van der Waals surface area contributed by atoms with Gasteiger partial charge in [-0.2, -0.15) is 0 Å². The fourth-order valence-corrected chi connectivity index (χ4v) is 2.89. The van der Waals surface area contributed by atoms with Crippen molar-refractivity contribution >= 4 is 5.91 Å². The summed E-state index contributed by atoms with van der Waals surface area (Å²) >= 11 is 0. The van der Waals surface area contributed by atoms with E-state index in [0.29, 0.717) is 6.42 Å². The van der Waals surface area contributed by atoms with Crippen molar-refractivity contribution in [1.29, 1.82) is 0 Å². The SMILES string of the molecule is Cn1ccc2c1CCN(C(=O)CCc1ccccc1)C2. The summed E-state index contributed by atoms with van der Waals surface area (Å²) in [6.07, 6.45) is 4.49. The van der Waals surface area contributed by atoms with Gasteiger partial charge in [0.1, 0.15) is 0 Å². The Labute approximate surface area is 119 Å². The summed E-state index contributed by atoms with van der Waals surface area (Å²) in [5, 5.41) is 0. The molecule has 0 spiro atoms.